The Hall–Kier alpha value is -3.83. The molecule has 0 spiro atoms. The number of likely N-dealkylation sites (tertiary alicyclic amines) is 1. The maximum atomic E-state index is 13.7. The van der Waals surface area contributed by atoms with E-state index in [2.05, 4.69) is 20.6 Å². The number of nitrogens with two attached hydrogens (primary N) is 2. The van der Waals surface area contributed by atoms with Crippen LogP contribution in [0.1, 0.15) is 47.5 Å². The normalized spacial score (nSPS) is 16.7. The summed E-state index contributed by atoms with van der Waals surface area (Å²) in [6, 6.07) is 15.4. The molecule has 0 saturated carbocycles. The largest absolute Gasteiger partial charge is 0.370 e. The number of Topliss-reactive ketones (excluding diaryl/α,β-unsaturated/α-hetero) is 1. The lowest BCUT2D eigenvalue weighted by Crippen LogP contribution is -2.58. The van der Waals surface area contributed by atoms with Gasteiger partial charge in [0.15, 0.2) is 11.0 Å². The van der Waals surface area contributed by atoms with Crippen molar-refractivity contribution in [2.75, 3.05) is 20.1 Å². The van der Waals surface area contributed by atoms with E-state index >= 15 is 0 Å². The molecule has 4 rings (SSSR count). The molecule has 3 atom stereocenters. The molecule has 2 aromatic carbocycles. The SMILES string of the molecule is CN[C@H](Cc1ccccc1)C(=O)N1CCCC[C@H]1C(=O)N[C@@H](CCCN=C(N)N)C(=O)c1nc2ccccc2s1. The Labute approximate surface area is 238 Å². The Morgan fingerprint density at radius 1 is 1.07 bits per heavy atom. The standard InChI is InChI=1S/C29H37N7O3S/c1-32-22(18-19-10-3-2-4-11-19)28(39)36-17-8-7-14-23(36)26(38)34-21(13-9-16-33-29(30)31)25(37)27-35-20-12-5-6-15-24(20)40-27/h2-6,10-12,15,21-23,32H,7-9,13-14,16-18H2,1H3,(H,34,38)(H4,30,31,33)/t21-,22+,23-/m0/s1. The van der Waals surface area contributed by atoms with Crippen molar-refractivity contribution in [3.05, 3.63) is 65.2 Å². The van der Waals surface area contributed by atoms with E-state index in [0.29, 0.717) is 43.8 Å². The van der Waals surface area contributed by atoms with Gasteiger partial charge in [-0.15, -0.1) is 11.3 Å². The lowest BCUT2D eigenvalue weighted by Gasteiger charge is -2.37. The van der Waals surface area contributed by atoms with Crippen LogP contribution in [-0.2, 0) is 16.0 Å². The summed E-state index contributed by atoms with van der Waals surface area (Å²) in [5.41, 5.74) is 12.7. The number of benzene rings is 2. The van der Waals surface area contributed by atoms with Gasteiger partial charge in [-0.25, -0.2) is 4.98 Å². The maximum Gasteiger partial charge on any atom is 0.243 e. The topological polar surface area (TPSA) is 156 Å². The number of hydrogen-bond acceptors (Lipinski definition) is 7. The second-order valence-electron chi connectivity index (χ2n) is 9.94. The summed E-state index contributed by atoms with van der Waals surface area (Å²) in [6.07, 6.45) is 3.53. The van der Waals surface area contributed by atoms with Gasteiger partial charge in [0.1, 0.15) is 6.04 Å². The van der Waals surface area contributed by atoms with Crippen molar-refractivity contribution in [1.82, 2.24) is 20.5 Å². The molecule has 0 unspecified atom stereocenters. The number of aliphatic imine (C=N–C) groups is 1. The lowest BCUT2D eigenvalue weighted by molar-refractivity contribution is -0.144. The summed E-state index contributed by atoms with van der Waals surface area (Å²) in [6.45, 7) is 0.823. The number of fused-ring (bicyclic) bond motifs is 1. The van der Waals surface area contributed by atoms with E-state index in [4.69, 9.17) is 11.5 Å². The third-order valence-electron chi connectivity index (χ3n) is 7.10. The molecule has 1 fully saturated rings. The van der Waals surface area contributed by atoms with Gasteiger partial charge in [-0.05, 0) is 63.3 Å². The average molecular weight is 564 g/mol. The quantitative estimate of drug-likeness (QED) is 0.114. The molecule has 11 heteroatoms. The van der Waals surface area contributed by atoms with Gasteiger partial charge in [-0.1, -0.05) is 42.5 Å². The molecule has 3 aromatic rings. The molecule has 0 aliphatic carbocycles. The average Bonchev–Trinajstić information content (AvgIpc) is 3.41. The van der Waals surface area contributed by atoms with Crippen molar-refractivity contribution >= 4 is 45.1 Å². The van der Waals surface area contributed by atoms with Crippen molar-refractivity contribution in [2.24, 2.45) is 16.5 Å². The van der Waals surface area contributed by atoms with E-state index in [1.54, 1.807) is 11.9 Å². The monoisotopic (exact) mass is 563 g/mol. The van der Waals surface area contributed by atoms with Gasteiger partial charge in [0.2, 0.25) is 17.6 Å². The van der Waals surface area contributed by atoms with E-state index in [9.17, 15) is 14.4 Å². The number of piperidine rings is 1. The molecule has 1 aliphatic rings. The Balaban J connectivity index is 1.51. The molecule has 2 amide bonds. The minimum Gasteiger partial charge on any atom is -0.370 e. The fourth-order valence-corrected chi connectivity index (χ4v) is 5.96. The molecule has 2 heterocycles. The summed E-state index contributed by atoms with van der Waals surface area (Å²) in [5.74, 6) is -0.730. The highest BCUT2D eigenvalue weighted by Gasteiger charge is 2.37. The number of carbonyl (C=O) groups excluding carboxylic acids is 3. The Bertz CT molecular complexity index is 1310. The number of rotatable bonds is 12. The van der Waals surface area contributed by atoms with Gasteiger partial charge < -0.3 is 27.0 Å². The minimum atomic E-state index is -0.814. The van der Waals surface area contributed by atoms with Gasteiger partial charge in [0.05, 0.1) is 22.3 Å². The van der Waals surface area contributed by atoms with E-state index in [1.807, 2.05) is 54.6 Å². The summed E-state index contributed by atoms with van der Waals surface area (Å²) in [4.78, 5) is 51.1. The van der Waals surface area contributed by atoms with Crippen molar-refractivity contribution < 1.29 is 14.4 Å². The number of likely N-dealkylation sites (N-methyl/N-ethyl adjacent to an activating group) is 1. The molecule has 10 nitrogen and oxygen atoms in total. The fraction of sp³-hybridized carbons (Fsp3) is 0.414. The van der Waals surface area contributed by atoms with Gasteiger partial charge in [-0.3, -0.25) is 19.4 Å². The number of aromatic nitrogens is 1. The zero-order chi connectivity index (χ0) is 28.5. The predicted octanol–water partition coefficient (Wildman–Crippen LogP) is 2.23. The first kappa shape index (κ1) is 29.2. The van der Waals surface area contributed by atoms with Gasteiger partial charge in [0, 0.05) is 13.1 Å². The number of ketones is 1. The number of nitrogens with one attached hydrogen (secondary N) is 2. The van der Waals surface area contributed by atoms with E-state index in [1.165, 1.54) is 11.3 Å². The summed E-state index contributed by atoms with van der Waals surface area (Å²) < 4.78 is 0.900. The van der Waals surface area contributed by atoms with Crippen molar-refractivity contribution in [1.29, 1.82) is 0 Å². The molecule has 0 bridgehead atoms. The number of carbonyl (C=O) groups is 3. The van der Waals surface area contributed by atoms with Crippen LogP contribution in [-0.4, -0.2) is 71.7 Å². The number of amides is 2. The first-order valence-corrected chi connectivity index (χ1v) is 14.5. The van der Waals surface area contributed by atoms with Crippen LogP contribution >= 0.6 is 11.3 Å². The van der Waals surface area contributed by atoms with Gasteiger partial charge in [-0.2, -0.15) is 0 Å². The zero-order valence-corrected chi connectivity index (χ0v) is 23.5. The van der Waals surface area contributed by atoms with Gasteiger partial charge in [0.25, 0.3) is 0 Å². The number of hydrogen-bond donors (Lipinski definition) is 4. The summed E-state index contributed by atoms with van der Waals surface area (Å²) in [7, 11) is 1.76. The van der Waals surface area contributed by atoms with Crippen LogP contribution in [0.3, 0.4) is 0 Å². The molecule has 0 radical (unpaired) electrons. The molecule has 1 aromatic heterocycles. The minimum absolute atomic E-state index is 0.0240. The van der Waals surface area contributed by atoms with Crippen LogP contribution in [0, 0.1) is 0 Å². The maximum absolute atomic E-state index is 13.7. The Morgan fingerprint density at radius 2 is 1.82 bits per heavy atom. The Morgan fingerprint density at radius 3 is 2.55 bits per heavy atom. The molecule has 6 N–H and O–H groups in total. The van der Waals surface area contributed by atoms with E-state index in [-0.39, 0.29) is 23.6 Å². The molecular formula is C29H37N7O3S. The van der Waals surface area contributed by atoms with Crippen LogP contribution in [0.2, 0.25) is 0 Å². The summed E-state index contributed by atoms with van der Waals surface area (Å²) >= 11 is 1.30. The second kappa shape index (κ2) is 14.0. The second-order valence-corrected chi connectivity index (χ2v) is 11.0. The van der Waals surface area contributed by atoms with E-state index < -0.39 is 18.1 Å². The smallest absolute Gasteiger partial charge is 0.243 e. The molecule has 1 aliphatic heterocycles. The number of thiazole rings is 1. The van der Waals surface area contributed by atoms with Crippen molar-refractivity contribution in [3.63, 3.8) is 0 Å². The van der Waals surface area contributed by atoms with Crippen molar-refractivity contribution in [2.45, 2.75) is 56.7 Å². The summed E-state index contributed by atoms with van der Waals surface area (Å²) in [5, 5.41) is 6.42. The highest BCUT2D eigenvalue weighted by molar-refractivity contribution is 7.20. The van der Waals surface area contributed by atoms with Crippen LogP contribution in [0.5, 0.6) is 0 Å². The number of guanidine groups is 1. The van der Waals surface area contributed by atoms with Crippen LogP contribution in [0.4, 0.5) is 0 Å². The highest BCUT2D eigenvalue weighted by atomic mass is 32.1. The van der Waals surface area contributed by atoms with E-state index in [0.717, 1.165) is 28.6 Å². The molecule has 212 valence electrons. The van der Waals surface area contributed by atoms with Crippen LogP contribution < -0.4 is 22.1 Å². The predicted molar refractivity (Wildman–Crippen MR) is 158 cm³/mol. The van der Waals surface area contributed by atoms with Gasteiger partial charge >= 0.3 is 0 Å². The number of para-hydroxylation sites is 1. The van der Waals surface area contributed by atoms with Crippen LogP contribution in [0.15, 0.2) is 59.6 Å². The molecular weight excluding hydrogens is 526 g/mol. The zero-order valence-electron chi connectivity index (χ0n) is 22.7. The number of nitrogens with zero attached hydrogens (tertiary/aromatic N) is 3. The third-order valence-corrected chi connectivity index (χ3v) is 8.15. The van der Waals surface area contributed by atoms with Crippen LogP contribution in [0.25, 0.3) is 10.2 Å². The lowest BCUT2D eigenvalue weighted by atomic mass is 9.97. The highest BCUT2D eigenvalue weighted by Crippen LogP contribution is 2.24. The van der Waals surface area contributed by atoms with Crippen molar-refractivity contribution in [3.8, 4) is 0 Å². The first-order chi connectivity index (χ1) is 19.4. The first-order valence-electron chi connectivity index (χ1n) is 13.6. The molecule has 40 heavy (non-hydrogen) atoms. The third kappa shape index (κ3) is 7.42. The molecule has 1 saturated heterocycles. The fourth-order valence-electron chi connectivity index (χ4n) is 5.00. The Kier molecular flexibility index (Phi) is 10.2.